The Morgan fingerprint density at radius 1 is 0.636 bits per heavy atom. The molecule has 3 rings (SSSR count). The van der Waals surface area contributed by atoms with E-state index in [0.29, 0.717) is 49.1 Å². The number of aliphatic hydroxyl groups is 1. The van der Waals surface area contributed by atoms with Gasteiger partial charge in [-0.15, -0.1) is 0 Å². The van der Waals surface area contributed by atoms with Gasteiger partial charge < -0.3 is 28.8 Å². The maximum Gasteiger partial charge on any atom is 0.343 e. The summed E-state index contributed by atoms with van der Waals surface area (Å²) in [6, 6.07) is 21.6. The van der Waals surface area contributed by atoms with Crippen molar-refractivity contribution >= 4 is 17.9 Å². The van der Waals surface area contributed by atoms with E-state index in [1.807, 2.05) is 36.4 Å². The first-order chi connectivity index (χ1) is 21.4. The Morgan fingerprint density at radius 2 is 1.14 bits per heavy atom. The van der Waals surface area contributed by atoms with Crippen molar-refractivity contribution in [1.29, 1.82) is 0 Å². The summed E-state index contributed by atoms with van der Waals surface area (Å²) in [5.74, 6) is 0.322. The van der Waals surface area contributed by atoms with Crippen LogP contribution in [0.5, 0.6) is 17.2 Å². The van der Waals surface area contributed by atoms with Crippen LogP contribution in [0.15, 0.2) is 97.6 Å². The molecule has 44 heavy (non-hydrogen) atoms. The average molecular weight is 603 g/mol. The number of hydrogen-bond acceptors (Lipinski definition) is 9. The quantitative estimate of drug-likeness (QED) is 0.0751. The molecule has 1 N–H and O–H groups in total. The smallest absolute Gasteiger partial charge is 0.343 e. The third-order valence-corrected chi connectivity index (χ3v) is 6.33. The van der Waals surface area contributed by atoms with E-state index in [9.17, 15) is 14.4 Å². The van der Waals surface area contributed by atoms with Gasteiger partial charge in [-0.25, -0.2) is 14.4 Å². The highest BCUT2D eigenvalue weighted by atomic mass is 16.5. The minimum absolute atomic E-state index is 0.0194. The number of hydrogen-bond donors (Lipinski definition) is 1. The summed E-state index contributed by atoms with van der Waals surface area (Å²) < 4.78 is 26.9. The lowest BCUT2D eigenvalue weighted by Crippen LogP contribution is -2.12. The van der Waals surface area contributed by atoms with Gasteiger partial charge in [-0.3, -0.25) is 0 Å². The van der Waals surface area contributed by atoms with Gasteiger partial charge in [0.1, 0.15) is 17.2 Å². The standard InChI is InChI=1S/C35H38O9/c1-3-33(37)42-22-7-5-4-6-21-40-31-17-19-32(20-18-31)44-35(39)29-11-9-27(10-12-29)28-13-15-30(16-14-28)41-23-8-24-43-34(38)26(2)25-36/h3,9-20,36H,1-2,4-8,21-25H2. The van der Waals surface area contributed by atoms with Gasteiger partial charge in [0.15, 0.2) is 0 Å². The van der Waals surface area contributed by atoms with Crippen LogP contribution in [-0.2, 0) is 19.1 Å². The first kappa shape index (κ1) is 33.6. The van der Waals surface area contributed by atoms with Gasteiger partial charge in [0.25, 0.3) is 0 Å². The molecule has 0 heterocycles. The first-order valence-corrected chi connectivity index (χ1v) is 14.4. The summed E-state index contributed by atoms with van der Waals surface area (Å²) >= 11 is 0. The Balaban J connectivity index is 1.36. The summed E-state index contributed by atoms with van der Waals surface area (Å²) in [4.78, 5) is 35.1. The molecule has 0 saturated carbocycles. The fraction of sp³-hybridized carbons (Fsp3) is 0.286. The van der Waals surface area contributed by atoms with Crippen LogP contribution in [-0.4, -0.2) is 56.0 Å². The van der Waals surface area contributed by atoms with Crippen molar-refractivity contribution in [2.24, 2.45) is 0 Å². The predicted octanol–water partition coefficient (Wildman–Crippen LogP) is 6.10. The SMILES string of the molecule is C=CC(=O)OCCCCCCOc1ccc(OC(=O)c2ccc(-c3ccc(OCCCOC(=O)C(=C)CO)cc3)cc2)cc1. The van der Waals surface area contributed by atoms with Crippen LogP contribution in [0.3, 0.4) is 0 Å². The molecule has 0 unspecified atom stereocenters. The van der Waals surface area contributed by atoms with Crippen LogP contribution in [0.1, 0.15) is 42.5 Å². The molecule has 0 fully saturated rings. The number of unbranched alkanes of at least 4 members (excludes halogenated alkanes) is 3. The van der Waals surface area contributed by atoms with E-state index in [1.54, 1.807) is 36.4 Å². The summed E-state index contributed by atoms with van der Waals surface area (Å²) in [6.45, 7) is 7.85. The van der Waals surface area contributed by atoms with E-state index < -0.39 is 24.5 Å². The lowest BCUT2D eigenvalue weighted by Gasteiger charge is -2.09. The van der Waals surface area contributed by atoms with Gasteiger partial charge in [0.2, 0.25) is 0 Å². The van der Waals surface area contributed by atoms with Crippen molar-refractivity contribution in [3.05, 3.63) is 103 Å². The number of rotatable bonds is 19. The molecule has 9 nitrogen and oxygen atoms in total. The van der Waals surface area contributed by atoms with Gasteiger partial charge in [0, 0.05) is 12.5 Å². The Bertz CT molecular complexity index is 1360. The number of aliphatic hydroxyl groups excluding tert-OH is 1. The number of esters is 3. The fourth-order valence-electron chi connectivity index (χ4n) is 3.87. The van der Waals surface area contributed by atoms with E-state index in [0.717, 1.165) is 42.9 Å². The zero-order valence-electron chi connectivity index (χ0n) is 24.7. The Morgan fingerprint density at radius 3 is 1.73 bits per heavy atom. The maximum atomic E-state index is 12.7. The van der Waals surface area contributed by atoms with Gasteiger partial charge >= 0.3 is 17.9 Å². The Kier molecular flexibility index (Phi) is 14.2. The molecule has 0 spiro atoms. The summed E-state index contributed by atoms with van der Waals surface area (Å²) in [5.41, 5.74) is 2.34. The molecule has 0 aliphatic rings. The van der Waals surface area contributed by atoms with Crippen molar-refractivity contribution in [3.63, 3.8) is 0 Å². The molecule has 3 aromatic carbocycles. The molecular weight excluding hydrogens is 564 g/mol. The zero-order chi connectivity index (χ0) is 31.6. The highest BCUT2D eigenvalue weighted by Crippen LogP contribution is 2.24. The first-order valence-electron chi connectivity index (χ1n) is 14.4. The molecule has 0 bridgehead atoms. The lowest BCUT2D eigenvalue weighted by molar-refractivity contribution is -0.140. The van der Waals surface area contributed by atoms with Gasteiger partial charge in [0.05, 0.1) is 44.2 Å². The Labute approximate surface area is 257 Å². The molecule has 0 aliphatic heterocycles. The maximum absolute atomic E-state index is 12.7. The molecule has 0 aromatic heterocycles. The number of carbonyl (C=O) groups is 3. The van der Waals surface area contributed by atoms with Gasteiger partial charge in [-0.05, 0) is 85.3 Å². The largest absolute Gasteiger partial charge is 0.494 e. The van der Waals surface area contributed by atoms with Crippen LogP contribution in [0.25, 0.3) is 11.1 Å². The molecule has 0 aliphatic carbocycles. The molecule has 0 radical (unpaired) electrons. The molecular formula is C35H38O9. The second-order valence-electron chi connectivity index (χ2n) is 9.70. The highest BCUT2D eigenvalue weighted by molar-refractivity contribution is 5.91. The summed E-state index contributed by atoms with van der Waals surface area (Å²) in [5, 5.41) is 8.86. The van der Waals surface area contributed by atoms with E-state index in [1.165, 1.54) is 0 Å². The Hall–Kier alpha value is -4.89. The van der Waals surface area contributed by atoms with Crippen molar-refractivity contribution < 1.29 is 43.2 Å². The topological polar surface area (TPSA) is 118 Å². The molecule has 3 aromatic rings. The van der Waals surface area contributed by atoms with Crippen LogP contribution in [0.2, 0.25) is 0 Å². The van der Waals surface area contributed by atoms with Crippen LogP contribution in [0.4, 0.5) is 0 Å². The average Bonchev–Trinajstić information content (AvgIpc) is 3.06. The number of ether oxygens (including phenoxy) is 5. The molecule has 9 heteroatoms. The normalized spacial score (nSPS) is 10.4. The molecule has 0 amide bonds. The summed E-state index contributed by atoms with van der Waals surface area (Å²) in [7, 11) is 0. The monoisotopic (exact) mass is 602 g/mol. The van der Waals surface area contributed by atoms with Crippen LogP contribution < -0.4 is 14.2 Å². The van der Waals surface area contributed by atoms with E-state index in [4.69, 9.17) is 28.8 Å². The summed E-state index contributed by atoms with van der Waals surface area (Å²) in [6.07, 6.45) is 5.25. The van der Waals surface area contributed by atoms with Crippen LogP contribution in [0, 0.1) is 0 Å². The minimum Gasteiger partial charge on any atom is -0.494 e. The van der Waals surface area contributed by atoms with Crippen molar-refractivity contribution in [3.8, 4) is 28.4 Å². The zero-order valence-corrected chi connectivity index (χ0v) is 24.7. The lowest BCUT2D eigenvalue weighted by atomic mass is 10.0. The fourth-order valence-corrected chi connectivity index (χ4v) is 3.87. The molecule has 232 valence electrons. The third kappa shape index (κ3) is 11.8. The predicted molar refractivity (Wildman–Crippen MR) is 166 cm³/mol. The minimum atomic E-state index is -0.612. The van der Waals surface area contributed by atoms with E-state index >= 15 is 0 Å². The van der Waals surface area contributed by atoms with Crippen molar-refractivity contribution in [2.45, 2.75) is 32.1 Å². The highest BCUT2D eigenvalue weighted by Gasteiger charge is 2.10. The van der Waals surface area contributed by atoms with Gasteiger partial charge in [-0.1, -0.05) is 37.4 Å². The number of carbonyl (C=O) groups excluding carboxylic acids is 3. The van der Waals surface area contributed by atoms with Crippen molar-refractivity contribution in [2.75, 3.05) is 33.0 Å². The van der Waals surface area contributed by atoms with Crippen LogP contribution >= 0.6 is 0 Å². The molecule has 0 atom stereocenters. The second kappa shape index (κ2) is 18.6. The number of benzene rings is 3. The van der Waals surface area contributed by atoms with E-state index in [2.05, 4.69) is 13.2 Å². The van der Waals surface area contributed by atoms with E-state index in [-0.39, 0.29) is 12.2 Å². The second-order valence-corrected chi connectivity index (χ2v) is 9.70. The third-order valence-electron chi connectivity index (χ3n) is 6.33. The van der Waals surface area contributed by atoms with Crippen molar-refractivity contribution in [1.82, 2.24) is 0 Å². The van der Waals surface area contributed by atoms with Gasteiger partial charge in [-0.2, -0.15) is 0 Å². The molecule has 0 saturated heterocycles.